The molecule has 194 valence electrons. The zero-order valence-electron chi connectivity index (χ0n) is 21.0. The zero-order chi connectivity index (χ0) is 26.6. The van der Waals surface area contributed by atoms with E-state index in [1.807, 2.05) is 31.1 Å². The highest BCUT2D eigenvalue weighted by atomic mass is 19.4. The number of halogens is 3. The number of hydrogen-bond acceptors (Lipinski definition) is 7. The average Bonchev–Trinajstić information content (AvgIpc) is 3.55. The predicted molar refractivity (Wildman–Crippen MR) is 135 cm³/mol. The van der Waals surface area contributed by atoms with E-state index in [0.717, 1.165) is 47.1 Å². The van der Waals surface area contributed by atoms with Crippen LogP contribution in [0, 0.1) is 0 Å². The summed E-state index contributed by atoms with van der Waals surface area (Å²) in [5.41, 5.74) is 3.08. The Kier molecular flexibility index (Phi) is 5.62. The Morgan fingerprint density at radius 1 is 1.00 bits per heavy atom. The molecule has 1 fully saturated rings. The van der Waals surface area contributed by atoms with E-state index >= 15 is 0 Å². The third kappa shape index (κ3) is 4.35. The third-order valence-electron chi connectivity index (χ3n) is 6.56. The summed E-state index contributed by atoms with van der Waals surface area (Å²) in [6.45, 7) is 0.426. The van der Waals surface area contributed by atoms with E-state index in [2.05, 4.69) is 25.0 Å². The van der Waals surface area contributed by atoms with Gasteiger partial charge >= 0.3 is 6.18 Å². The minimum Gasteiger partial charge on any atom is -0.362 e. The molecule has 0 amide bonds. The van der Waals surface area contributed by atoms with Crippen LogP contribution in [0.1, 0.15) is 35.7 Å². The van der Waals surface area contributed by atoms with Crippen molar-refractivity contribution in [3.05, 3.63) is 66.1 Å². The Bertz CT molecular complexity index is 1610. The maximum absolute atomic E-state index is 13.1. The summed E-state index contributed by atoms with van der Waals surface area (Å²) < 4.78 is 42.3. The lowest BCUT2D eigenvalue weighted by atomic mass is 10.1. The van der Waals surface area contributed by atoms with Crippen LogP contribution in [-0.4, -0.2) is 53.4 Å². The van der Waals surface area contributed by atoms with Gasteiger partial charge in [0, 0.05) is 45.0 Å². The van der Waals surface area contributed by atoms with Gasteiger partial charge in [-0.05, 0) is 18.4 Å². The van der Waals surface area contributed by atoms with Gasteiger partial charge in [0.15, 0.2) is 17.2 Å². The van der Waals surface area contributed by atoms with E-state index in [4.69, 9.17) is 4.98 Å². The van der Waals surface area contributed by atoms with Gasteiger partial charge in [-0.3, -0.25) is 0 Å². The van der Waals surface area contributed by atoms with Crippen molar-refractivity contribution in [2.24, 2.45) is 7.05 Å². The summed E-state index contributed by atoms with van der Waals surface area (Å²) in [5.74, 6) is 1.96. The second-order valence-electron chi connectivity index (χ2n) is 9.66. The number of imidazole rings is 1. The molecule has 4 aromatic heterocycles. The van der Waals surface area contributed by atoms with Gasteiger partial charge in [-0.15, -0.1) is 0 Å². The smallest absolute Gasteiger partial charge is 0.362 e. The number of rotatable bonds is 6. The molecule has 12 heteroatoms. The summed E-state index contributed by atoms with van der Waals surface area (Å²) >= 11 is 0. The van der Waals surface area contributed by atoms with Crippen molar-refractivity contribution in [3.63, 3.8) is 0 Å². The monoisotopic (exact) mass is 519 g/mol. The SMILES string of the molecule is CN(C)c1ncnc(C2CC2)c1-c1ncc2cnn(Cc3ccc(-c4nc(C(F)(F)F)cn4C)cc3)c2n1. The van der Waals surface area contributed by atoms with Gasteiger partial charge in [0.25, 0.3) is 0 Å². The highest BCUT2D eigenvalue weighted by Gasteiger charge is 2.34. The van der Waals surface area contributed by atoms with Gasteiger partial charge in [-0.2, -0.15) is 18.3 Å². The molecule has 0 saturated heterocycles. The van der Waals surface area contributed by atoms with E-state index in [1.54, 1.807) is 42.6 Å². The molecule has 0 N–H and O–H groups in total. The number of hydrogen-bond donors (Lipinski definition) is 0. The number of benzene rings is 1. The normalized spacial score (nSPS) is 13.8. The quantitative estimate of drug-likeness (QED) is 0.321. The fraction of sp³-hybridized carbons (Fsp3) is 0.308. The average molecular weight is 520 g/mol. The number of anilines is 1. The van der Waals surface area contributed by atoms with Gasteiger partial charge in [0.05, 0.1) is 29.4 Å². The van der Waals surface area contributed by atoms with Gasteiger partial charge in [-0.25, -0.2) is 29.6 Å². The van der Waals surface area contributed by atoms with Crippen LogP contribution in [0.5, 0.6) is 0 Å². The van der Waals surface area contributed by atoms with Crippen molar-refractivity contribution in [2.75, 3.05) is 19.0 Å². The molecular formula is C26H24F3N9. The summed E-state index contributed by atoms with van der Waals surface area (Å²) in [4.78, 5) is 24.3. The van der Waals surface area contributed by atoms with Crippen molar-refractivity contribution in [2.45, 2.75) is 31.5 Å². The Morgan fingerprint density at radius 2 is 1.76 bits per heavy atom. The summed E-state index contributed by atoms with van der Waals surface area (Å²) in [5, 5.41) is 5.31. The first-order valence-corrected chi connectivity index (χ1v) is 12.1. The topological polar surface area (TPSA) is 90.4 Å². The molecule has 0 spiro atoms. The molecule has 0 radical (unpaired) electrons. The van der Waals surface area contributed by atoms with Gasteiger partial charge in [0.1, 0.15) is 18.0 Å². The van der Waals surface area contributed by atoms with Crippen LogP contribution >= 0.6 is 0 Å². The van der Waals surface area contributed by atoms with Crippen LogP contribution in [0.25, 0.3) is 33.8 Å². The molecule has 6 rings (SSSR count). The molecule has 38 heavy (non-hydrogen) atoms. The molecular weight excluding hydrogens is 495 g/mol. The van der Waals surface area contributed by atoms with Crippen molar-refractivity contribution in [3.8, 4) is 22.8 Å². The second kappa shape index (κ2) is 8.89. The standard InChI is InChI=1S/C26H24F3N9/c1-36(2)25-20(21(16-8-9-16)31-14-32-25)22-30-10-18-11-33-38(24(18)35-22)12-15-4-6-17(7-5-15)23-34-19(13-37(23)3)26(27,28)29/h4-7,10-11,13-14,16H,8-9,12H2,1-3H3. The van der Waals surface area contributed by atoms with Crippen molar-refractivity contribution in [1.82, 2.24) is 39.3 Å². The Morgan fingerprint density at radius 3 is 2.42 bits per heavy atom. The highest BCUT2D eigenvalue weighted by molar-refractivity contribution is 5.80. The highest BCUT2D eigenvalue weighted by Crippen LogP contribution is 2.44. The van der Waals surface area contributed by atoms with E-state index in [1.165, 1.54) is 4.57 Å². The predicted octanol–water partition coefficient (Wildman–Crippen LogP) is 4.69. The Hall–Kier alpha value is -4.35. The van der Waals surface area contributed by atoms with Crippen LogP contribution < -0.4 is 4.90 Å². The first-order valence-electron chi connectivity index (χ1n) is 12.1. The molecule has 1 aromatic carbocycles. The lowest BCUT2D eigenvalue weighted by Crippen LogP contribution is -2.14. The minimum atomic E-state index is -4.49. The van der Waals surface area contributed by atoms with Crippen LogP contribution in [0.2, 0.25) is 0 Å². The first kappa shape index (κ1) is 24.0. The van der Waals surface area contributed by atoms with Crippen LogP contribution in [-0.2, 0) is 19.8 Å². The van der Waals surface area contributed by atoms with Gasteiger partial charge in [-0.1, -0.05) is 24.3 Å². The Balaban J connectivity index is 1.32. The molecule has 1 saturated carbocycles. The van der Waals surface area contributed by atoms with Crippen LogP contribution in [0.15, 0.2) is 49.2 Å². The molecule has 5 aromatic rings. The van der Waals surface area contributed by atoms with E-state index in [9.17, 15) is 13.2 Å². The Labute approximate surface area is 216 Å². The number of alkyl halides is 3. The maximum atomic E-state index is 13.1. The fourth-order valence-corrected chi connectivity index (χ4v) is 4.52. The fourth-order valence-electron chi connectivity index (χ4n) is 4.52. The lowest BCUT2D eigenvalue weighted by Gasteiger charge is -2.17. The van der Waals surface area contributed by atoms with E-state index in [-0.39, 0.29) is 5.82 Å². The molecule has 0 bridgehead atoms. The molecule has 1 aliphatic rings. The number of nitrogens with zero attached hydrogens (tertiary/aromatic N) is 9. The van der Waals surface area contributed by atoms with Crippen molar-refractivity contribution >= 4 is 16.9 Å². The maximum Gasteiger partial charge on any atom is 0.434 e. The second-order valence-corrected chi connectivity index (χ2v) is 9.66. The van der Waals surface area contributed by atoms with Crippen molar-refractivity contribution in [1.29, 1.82) is 0 Å². The molecule has 0 unspecified atom stereocenters. The molecule has 0 aliphatic heterocycles. The largest absolute Gasteiger partial charge is 0.434 e. The number of fused-ring (bicyclic) bond motifs is 1. The number of aryl methyl sites for hydroxylation is 1. The molecule has 4 heterocycles. The summed E-state index contributed by atoms with van der Waals surface area (Å²) in [7, 11) is 5.42. The molecule has 9 nitrogen and oxygen atoms in total. The third-order valence-corrected chi connectivity index (χ3v) is 6.56. The lowest BCUT2D eigenvalue weighted by molar-refractivity contribution is -0.140. The van der Waals surface area contributed by atoms with Gasteiger partial charge < -0.3 is 9.47 Å². The van der Waals surface area contributed by atoms with Gasteiger partial charge in [0.2, 0.25) is 0 Å². The molecule has 0 atom stereocenters. The number of aromatic nitrogens is 8. The first-order chi connectivity index (χ1) is 18.2. The van der Waals surface area contributed by atoms with E-state index in [0.29, 0.717) is 29.5 Å². The van der Waals surface area contributed by atoms with Crippen LogP contribution in [0.3, 0.4) is 0 Å². The summed E-state index contributed by atoms with van der Waals surface area (Å²) in [6.07, 6.45) is 3.74. The zero-order valence-corrected chi connectivity index (χ0v) is 21.0. The molecule has 1 aliphatic carbocycles. The van der Waals surface area contributed by atoms with Crippen LogP contribution in [0.4, 0.5) is 19.0 Å². The van der Waals surface area contributed by atoms with E-state index < -0.39 is 11.9 Å². The van der Waals surface area contributed by atoms with Crippen molar-refractivity contribution < 1.29 is 13.2 Å². The summed E-state index contributed by atoms with van der Waals surface area (Å²) in [6, 6.07) is 7.23. The minimum absolute atomic E-state index is 0.249.